The standard InChI is InChI=1S/C13H25N4O2/c1-11(18)17(2,3)16-10-4-9-15(13(16)19)12-5-7-14-8-6-12/h12,14H,4-10H2,1-3H3/q+1. The summed E-state index contributed by atoms with van der Waals surface area (Å²) in [7, 11) is 3.57. The van der Waals surface area contributed by atoms with Gasteiger partial charge in [-0.3, -0.25) is 0 Å². The molecular weight excluding hydrogens is 244 g/mol. The minimum absolute atomic E-state index is 0.0124. The van der Waals surface area contributed by atoms with Crippen molar-refractivity contribution in [1.29, 1.82) is 0 Å². The molecule has 108 valence electrons. The molecule has 0 saturated carbocycles. The summed E-state index contributed by atoms with van der Waals surface area (Å²) in [6.45, 7) is 4.96. The van der Waals surface area contributed by atoms with Gasteiger partial charge in [0.1, 0.15) is 0 Å². The summed E-state index contributed by atoms with van der Waals surface area (Å²) < 4.78 is 0.0142. The second kappa shape index (κ2) is 5.46. The van der Waals surface area contributed by atoms with Crippen LogP contribution >= 0.6 is 0 Å². The summed E-state index contributed by atoms with van der Waals surface area (Å²) >= 11 is 0. The van der Waals surface area contributed by atoms with Gasteiger partial charge in [0.15, 0.2) is 0 Å². The van der Waals surface area contributed by atoms with Crippen molar-refractivity contribution in [2.75, 3.05) is 40.3 Å². The third-order valence-corrected chi connectivity index (χ3v) is 4.36. The predicted octanol–water partition coefficient (Wildman–Crippen LogP) is 0.404. The van der Waals surface area contributed by atoms with Gasteiger partial charge in [-0.05, 0) is 32.4 Å². The molecule has 0 radical (unpaired) electrons. The second-order valence-corrected chi connectivity index (χ2v) is 5.85. The molecule has 0 aromatic carbocycles. The number of piperidine rings is 1. The number of nitrogens with zero attached hydrogens (tertiary/aromatic N) is 3. The molecule has 2 heterocycles. The molecule has 2 aliphatic rings. The Morgan fingerprint density at radius 2 is 1.89 bits per heavy atom. The first-order chi connectivity index (χ1) is 8.94. The van der Waals surface area contributed by atoms with E-state index in [0.29, 0.717) is 12.6 Å². The molecule has 2 saturated heterocycles. The van der Waals surface area contributed by atoms with Gasteiger partial charge < -0.3 is 10.2 Å². The minimum Gasteiger partial charge on any atom is -0.318 e. The fraction of sp³-hybridized carbons (Fsp3) is 0.846. The van der Waals surface area contributed by atoms with Crippen molar-refractivity contribution in [3.63, 3.8) is 0 Å². The molecule has 19 heavy (non-hydrogen) atoms. The Morgan fingerprint density at radius 1 is 1.26 bits per heavy atom. The van der Waals surface area contributed by atoms with Crippen LogP contribution in [0.4, 0.5) is 4.79 Å². The molecule has 0 atom stereocenters. The molecule has 2 rings (SSSR count). The Labute approximate surface area is 114 Å². The van der Waals surface area contributed by atoms with Crippen molar-refractivity contribution in [3.8, 4) is 0 Å². The van der Waals surface area contributed by atoms with Crippen LogP contribution in [0.1, 0.15) is 26.2 Å². The number of amides is 3. The van der Waals surface area contributed by atoms with Gasteiger partial charge in [0.05, 0.1) is 27.6 Å². The zero-order chi connectivity index (χ0) is 14.0. The van der Waals surface area contributed by atoms with Gasteiger partial charge in [0.25, 0.3) is 0 Å². The van der Waals surface area contributed by atoms with E-state index in [1.54, 1.807) is 19.1 Å². The molecule has 0 aliphatic carbocycles. The quantitative estimate of drug-likeness (QED) is 0.739. The lowest BCUT2D eigenvalue weighted by Crippen LogP contribution is -2.66. The Balaban J connectivity index is 2.11. The summed E-state index contributed by atoms with van der Waals surface area (Å²) in [4.78, 5) is 26.3. The van der Waals surface area contributed by atoms with Crippen molar-refractivity contribution in [1.82, 2.24) is 15.2 Å². The number of urea groups is 1. The van der Waals surface area contributed by atoms with Crippen LogP contribution < -0.4 is 5.32 Å². The molecular formula is C13H25N4O2+. The zero-order valence-corrected chi connectivity index (χ0v) is 12.2. The third kappa shape index (κ3) is 2.74. The maximum atomic E-state index is 12.6. The van der Waals surface area contributed by atoms with Gasteiger partial charge >= 0.3 is 11.9 Å². The van der Waals surface area contributed by atoms with Crippen LogP contribution in [0, 0.1) is 0 Å². The summed E-state index contributed by atoms with van der Waals surface area (Å²) in [6.07, 6.45) is 2.95. The highest BCUT2D eigenvalue weighted by Gasteiger charge is 2.42. The summed E-state index contributed by atoms with van der Waals surface area (Å²) in [5, 5.41) is 5.01. The maximum Gasteiger partial charge on any atom is 0.364 e. The number of quaternary nitrogens is 1. The first-order valence-corrected chi connectivity index (χ1v) is 7.09. The lowest BCUT2D eigenvalue weighted by molar-refractivity contribution is -0.921. The number of nitrogens with one attached hydrogen (secondary N) is 1. The van der Waals surface area contributed by atoms with Gasteiger partial charge in [-0.15, -0.1) is 0 Å². The smallest absolute Gasteiger partial charge is 0.318 e. The Morgan fingerprint density at radius 3 is 2.47 bits per heavy atom. The molecule has 2 aliphatic heterocycles. The topological polar surface area (TPSA) is 52.7 Å². The van der Waals surface area contributed by atoms with E-state index < -0.39 is 0 Å². The highest BCUT2D eigenvalue weighted by Crippen LogP contribution is 2.21. The molecule has 0 spiro atoms. The maximum absolute atomic E-state index is 12.6. The van der Waals surface area contributed by atoms with Crippen LogP contribution in [0.2, 0.25) is 0 Å². The molecule has 0 unspecified atom stereocenters. The Bertz CT molecular complexity index is 364. The Kier molecular flexibility index (Phi) is 4.10. The SMILES string of the molecule is CC(=O)[N+](C)(C)N1CCCN(C2CCNCC2)C1=O. The highest BCUT2D eigenvalue weighted by molar-refractivity contribution is 5.76. The van der Waals surface area contributed by atoms with E-state index in [-0.39, 0.29) is 16.5 Å². The minimum atomic E-state index is -0.0134. The van der Waals surface area contributed by atoms with Crippen LogP contribution in [-0.4, -0.2) is 72.8 Å². The van der Waals surface area contributed by atoms with Gasteiger partial charge in [-0.25, -0.2) is 9.59 Å². The lowest BCUT2D eigenvalue weighted by Gasteiger charge is -2.45. The van der Waals surface area contributed by atoms with Crippen LogP contribution in [0.3, 0.4) is 0 Å². The molecule has 6 heteroatoms. The molecule has 0 aromatic heterocycles. The van der Waals surface area contributed by atoms with E-state index in [2.05, 4.69) is 5.32 Å². The van der Waals surface area contributed by atoms with Gasteiger partial charge in [0.2, 0.25) is 0 Å². The first kappa shape index (κ1) is 14.3. The van der Waals surface area contributed by atoms with Crippen molar-refractivity contribution in [3.05, 3.63) is 0 Å². The van der Waals surface area contributed by atoms with Crippen molar-refractivity contribution in [2.45, 2.75) is 32.2 Å². The van der Waals surface area contributed by atoms with Crippen LogP contribution in [0.15, 0.2) is 0 Å². The number of rotatable bonds is 2. The van der Waals surface area contributed by atoms with Crippen molar-refractivity contribution >= 4 is 11.9 Å². The lowest BCUT2D eigenvalue weighted by atomic mass is 10.0. The van der Waals surface area contributed by atoms with Crippen molar-refractivity contribution < 1.29 is 14.2 Å². The van der Waals surface area contributed by atoms with E-state index in [0.717, 1.165) is 38.9 Å². The van der Waals surface area contributed by atoms with Crippen LogP contribution in [0.25, 0.3) is 0 Å². The van der Waals surface area contributed by atoms with Gasteiger partial charge in [-0.2, -0.15) is 9.60 Å². The number of carbonyl (C=O) groups excluding carboxylic acids is 2. The zero-order valence-electron chi connectivity index (χ0n) is 12.2. The van der Waals surface area contributed by atoms with Crippen molar-refractivity contribution in [2.24, 2.45) is 0 Å². The first-order valence-electron chi connectivity index (χ1n) is 7.09. The van der Waals surface area contributed by atoms with E-state index in [9.17, 15) is 9.59 Å². The van der Waals surface area contributed by atoms with Crippen LogP contribution in [-0.2, 0) is 4.79 Å². The molecule has 0 bridgehead atoms. The summed E-state index contributed by atoms with van der Waals surface area (Å²) in [5.74, 6) is -0.0134. The summed E-state index contributed by atoms with van der Waals surface area (Å²) in [6, 6.07) is 0.335. The Hall–Kier alpha value is -1.14. The fourth-order valence-corrected chi connectivity index (χ4v) is 2.82. The molecule has 1 N–H and O–H groups in total. The second-order valence-electron chi connectivity index (χ2n) is 5.85. The van der Waals surface area contributed by atoms with Gasteiger partial charge in [0, 0.05) is 12.6 Å². The number of carbonyl (C=O) groups is 2. The fourth-order valence-electron chi connectivity index (χ4n) is 2.82. The normalized spacial score (nSPS) is 22.8. The van der Waals surface area contributed by atoms with Gasteiger partial charge in [-0.1, -0.05) is 0 Å². The molecule has 3 amide bonds. The molecule has 6 nitrogen and oxygen atoms in total. The van der Waals surface area contributed by atoms with Crippen LogP contribution in [0.5, 0.6) is 0 Å². The number of hydrogen-bond donors (Lipinski definition) is 1. The van der Waals surface area contributed by atoms with E-state index >= 15 is 0 Å². The monoisotopic (exact) mass is 269 g/mol. The highest BCUT2D eigenvalue weighted by atomic mass is 16.2. The number of hydrogen-bond acceptors (Lipinski definition) is 3. The molecule has 2 fully saturated rings. The third-order valence-electron chi connectivity index (χ3n) is 4.36. The van der Waals surface area contributed by atoms with E-state index in [1.165, 1.54) is 6.92 Å². The van der Waals surface area contributed by atoms with E-state index in [4.69, 9.17) is 0 Å². The largest absolute Gasteiger partial charge is 0.364 e. The average molecular weight is 269 g/mol. The molecule has 0 aromatic rings. The summed E-state index contributed by atoms with van der Waals surface area (Å²) in [5.41, 5.74) is 0. The predicted molar refractivity (Wildman–Crippen MR) is 72.1 cm³/mol. The van der Waals surface area contributed by atoms with E-state index in [1.807, 2.05) is 4.90 Å². The average Bonchev–Trinajstić information content (AvgIpc) is 2.39.